The van der Waals surface area contributed by atoms with Crippen molar-refractivity contribution in [2.75, 3.05) is 19.8 Å². The van der Waals surface area contributed by atoms with E-state index in [9.17, 15) is 0 Å². The first-order valence-electron chi connectivity index (χ1n) is 16.3. The van der Waals surface area contributed by atoms with Crippen molar-refractivity contribution in [2.45, 2.75) is 76.1 Å². The van der Waals surface area contributed by atoms with Gasteiger partial charge in [0.2, 0.25) is 0 Å². The van der Waals surface area contributed by atoms with E-state index in [0.717, 1.165) is 22.3 Å². The van der Waals surface area contributed by atoms with Gasteiger partial charge in [-0.15, -0.1) is 0 Å². The summed E-state index contributed by atoms with van der Waals surface area (Å²) in [5.41, 5.74) is 4.35. The molecule has 0 spiro atoms. The molecule has 2 aliphatic rings. The molecular weight excluding hydrogens is 580 g/mol. The fraction of sp³-hybridized carbons (Fsp3) is 0.385. The van der Waals surface area contributed by atoms with E-state index >= 15 is 0 Å². The molecule has 46 heavy (non-hydrogen) atoms. The SMILES string of the molecule is c1ccc(COC[C@H]2O[C@H](CCC3OCCO3)[C@@H](OCc3ccccc3)[C@@H](OCc3ccccc3)[C@@H]2OCc2ccccc2)cc1. The summed E-state index contributed by atoms with van der Waals surface area (Å²) in [6.45, 7) is 3.29. The van der Waals surface area contributed by atoms with Crippen LogP contribution in [0.5, 0.6) is 0 Å². The summed E-state index contributed by atoms with van der Waals surface area (Å²) in [6, 6.07) is 40.8. The molecule has 5 atom stereocenters. The van der Waals surface area contributed by atoms with Crippen molar-refractivity contribution in [1.29, 1.82) is 0 Å². The molecule has 0 bridgehead atoms. The average molecular weight is 625 g/mol. The molecular formula is C39H44O7. The van der Waals surface area contributed by atoms with Crippen LogP contribution in [0, 0.1) is 0 Å². The topological polar surface area (TPSA) is 64.6 Å². The third-order valence-electron chi connectivity index (χ3n) is 8.36. The van der Waals surface area contributed by atoms with E-state index in [-0.39, 0.29) is 18.5 Å². The van der Waals surface area contributed by atoms with Crippen molar-refractivity contribution in [3.63, 3.8) is 0 Å². The van der Waals surface area contributed by atoms with Crippen molar-refractivity contribution >= 4 is 0 Å². The second kappa shape index (κ2) is 17.5. The molecule has 0 aromatic heterocycles. The van der Waals surface area contributed by atoms with Crippen molar-refractivity contribution in [3.8, 4) is 0 Å². The second-order valence-electron chi connectivity index (χ2n) is 11.7. The van der Waals surface area contributed by atoms with Gasteiger partial charge in [-0.3, -0.25) is 0 Å². The lowest BCUT2D eigenvalue weighted by atomic mass is 9.91. The first-order chi connectivity index (χ1) is 22.8. The lowest BCUT2D eigenvalue weighted by molar-refractivity contribution is -0.275. The largest absolute Gasteiger partial charge is 0.374 e. The fourth-order valence-corrected chi connectivity index (χ4v) is 5.99. The minimum Gasteiger partial charge on any atom is -0.374 e. The second-order valence-corrected chi connectivity index (χ2v) is 11.7. The first kappa shape index (κ1) is 32.5. The molecule has 7 heteroatoms. The standard InChI is InChI=1S/C39H44O7/c1-5-13-30(14-6-1)25-40-29-35-38(44-27-32-17-9-3-10-18-32)39(45-28-33-19-11-4-12-20-33)37(43-26-31-15-7-2-8-16-31)34(46-35)21-22-36-41-23-24-42-36/h1-20,34-39H,21-29H2/t34-,35-,37-,38-,39-/m1/s1. The summed E-state index contributed by atoms with van der Waals surface area (Å²) < 4.78 is 45.1. The van der Waals surface area contributed by atoms with Crippen LogP contribution in [-0.2, 0) is 59.6 Å². The number of ether oxygens (including phenoxy) is 7. The minimum absolute atomic E-state index is 0.248. The summed E-state index contributed by atoms with van der Waals surface area (Å²) in [5.74, 6) is 0. The lowest BCUT2D eigenvalue weighted by Gasteiger charge is -2.46. The molecule has 0 N–H and O–H groups in total. The van der Waals surface area contributed by atoms with Gasteiger partial charge in [-0.1, -0.05) is 121 Å². The monoisotopic (exact) mass is 624 g/mol. The van der Waals surface area contributed by atoms with Crippen LogP contribution in [-0.4, -0.2) is 56.6 Å². The Labute approximate surface area is 272 Å². The van der Waals surface area contributed by atoms with Crippen LogP contribution in [0.2, 0.25) is 0 Å². The van der Waals surface area contributed by atoms with Gasteiger partial charge in [-0.25, -0.2) is 0 Å². The van der Waals surface area contributed by atoms with Crippen LogP contribution in [0.25, 0.3) is 0 Å². The number of hydrogen-bond donors (Lipinski definition) is 0. The van der Waals surface area contributed by atoms with Crippen molar-refractivity contribution < 1.29 is 33.2 Å². The Morgan fingerprint density at radius 1 is 0.457 bits per heavy atom. The number of benzene rings is 4. The molecule has 0 amide bonds. The van der Waals surface area contributed by atoms with Crippen molar-refractivity contribution in [2.24, 2.45) is 0 Å². The van der Waals surface area contributed by atoms with E-state index in [2.05, 4.69) is 48.5 Å². The minimum atomic E-state index is -0.448. The zero-order chi connectivity index (χ0) is 31.2. The van der Waals surface area contributed by atoms with Crippen LogP contribution in [0.4, 0.5) is 0 Å². The quantitative estimate of drug-likeness (QED) is 0.135. The van der Waals surface area contributed by atoms with E-state index in [0.29, 0.717) is 59.1 Å². The maximum Gasteiger partial charge on any atom is 0.157 e. The van der Waals surface area contributed by atoms with Crippen LogP contribution in [0.1, 0.15) is 35.1 Å². The van der Waals surface area contributed by atoms with Gasteiger partial charge >= 0.3 is 0 Å². The Balaban J connectivity index is 1.27. The lowest BCUT2D eigenvalue weighted by Crippen LogP contribution is -2.61. The summed E-state index contributed by atoms with van der Waals surface area (Å²) >= 11 is 0. The van der Waals surface area contributed by atoms with E-state index in [4.69, 9.17) is 33.2 Å². The average Bonchev–Trinajstić information content (AvgIpc) is 3.64. The molecule has 2 heterocycles. The number of hydrogen-bond acceptors (Lipinski definition) is 7. The third-order valence-corrected chi connectivity index (χ3v) is 8.36. The van der Waals surface area contributed by atoms with Crippen molar-refractivity contribution in [3.05, 3.63) is 144 Å². The highest BCUT2D eigenvalue weighted by molar-refractivity contribution is 5.16. The van der Waals surface area contributed by atoms with E-state index in [1.165, 1.54) is 0 Å². The predicted octanol–water partition coefficient (Wildman–Crippen LogP) is 6.88. The normalized spacial score (nSPS) is 23.4. The molecule has 0 unspecified atom stereocenters. The molecule has 0 aliphatic carbocycles. The van der Waals surface area contributed by atoms with Gasteiger partial charge < -0.3 is 33.2 Å². The summed E-state index contributed by atoms with van der Waals surface area (Å²) in [6.07, 6.45) is -0.847. The molecule has 0 saturated carbocycles. The summed E-state index contributed by atoms with van der Waals surface area (Å²) in [4.78, 5) is 0. The van der Waals surface area contributed by atoms with Gasteiger partial charge in [0.05, 0.1) is 52.4 Å². The molecule has 0 radical (unpaired) electrons. The maximum absolute atomic E-state index is 6.90. The molecule has 2 saturated heterocycles. The Kier molecular flexibility index (Phi) is 12.4. The molecule has 2 fully saturated rings. The predicted molar refractivity (Wildman–Crippen MR) is 175 cm³/mol. The van der Waals surface area contributed by atoms with Gasteiger partial charge in [0, 0.05) is 6.42 Å². The maximum atomic E-state index is 6.90. The van der Waals surface area contributed by atoms with Gasteiger partial charge in [0.15, 0.2) is 6.29 Å². The van der Waals surface area contributed by atoms with Crippen molar-refractivity contribution in [1.82, 2.24) is 0 Å². The first-order valence-corrected chi connectivity index (χ1v) is 16.3. The van der Waals surface area contributed by atoms with E-state index in [1.807, 2.05) is 72.8 Å². The smallest absolute Gasteiger partial charge is 0.157 e. The highest BCUT2D eigenvalue weighted by Crippen LogP contribution is 2.33. The Hall–Kier alpha value is -3.40. The molecule has 4 aromatic rings. The molecule has 7 nitrogen and oxygen atoms in total. The molecule has 6 rings (SSSR count). The van der Waals surface area contributed by atoms with Crippen LogP contribution in [0.3, 0.4) is 0 Å². The van der Waals surface area contributed by atoms with E-state index in [1.54, 1.807) is 0 Å². The van der Waals surface area contributed by atoms with Crippen LogP contribution < -0.4 is 0 Å². The Morgan fingerprint density at radius 2 is 0.870 bits per heavy atom. The van der Waals surface area contributed by atoms with Gasteiger partial charge in [-0.2, -0.15) is 0 Å². The van der Waals surface area contributed by atoms with Gasteiger partial charge in [0.25, 0.3) is 0 Å². The van der Waals surface area contributed by atoms with Crippen LogP contribution in [0.15, 0.2) is 121 Å². The van der Waals surface area contributed by atoms with E-state index < -0.39 is 18.3 Å². The molecule has 242 valence electrons. The fourth-order valence-electron chi connectivity index (χ4n) is 5.99. The Bertz CT molecular complexity index is 1380. The number of rotatable bonds is 16. The summed E-state index contributed by atoms with van der Waals surface area (Å²) in [5, 5.41) is 0. The molecule has 4 aromatic carbocycles. The summed E-state index contributed by atoms with van der Waals surface area (Å²) in [7, 11) is 0. The van der Waals surface area contributed by atoms with Gasteiger partial charge in [0.1, 0.15) is 24.4 Å². The Morgan fingerprint density at radius 3 is 1.35 bits per heavy atom. The zero-order valence-electron chi connectivity index (χ0n) is 26.2. The van der Waals surface area contributed by atoms with Gasteiger partial charge in [-0.05, 0) is 28.7 Å². The third kappa shape index (κ3) is 9.56. The zero-order valence-corrected chi connectivity index (χ0v) is 26.2. The van der Waals surface area contributed by atoms with Crippen LogP contribution >= 0.6 is 0 Å². The highest BCUT2D eigenvalue weighted by Gasteiger charge is 2.48. The highest BCUT2D eigenvalue weighted by atomic mass is 16.7. The molecule has 2 aliphatic heterocycles.